The maximum Gasteiger partial charge on any atom is 0.416 e. The van der Waals surface area contributed by atoms with Gasteiger partial charge in [0.2, 0.25) is 11.8 Å². The zero-order chi connectivity index (χ0) is 32.5. The van der Waals surface area contributed by atoms with E-state index in [-0.39, 0.29) is 23.5 Å². The first-order valence-electron chi connectivity index (χ1n) is 14.3. The molecule has 0 aliphatic heterocycles. The van der Waals surface area contributed by atoms with E-state index in [9.17, 15) is 31.2 Å². The first-order valence-corrected chi connectivity index (χ1v) is 15.7. The van der Waals surface area contributed by atoms with E-state index in [0.717, 1.165) is 30.5 Å². The fraction of sp³-hybridized carbons (Fsp3) is 0.375. The highest BCUT2D eigenvalue weighted by atomic mass is 32.2. The maximum absolute atomic E-state index is 14.1. The van der Waals surface area contributed by atoms with Crippen LogP contribution in [0.25, 0.3) is 0 Å². The number of carbonyl (C=O) groups is 2. The van der Waals surface area contributed by atoms with E-state index < -0.39 is 46.2 Å². The van der Waals surface area contributed by atoms with Crippen LogP contribution in [0.15, 0.2) is 77.7 Å². The van der Waals surface area contributed by atoms with Gasteiger partial charge in [-0.15, -0.1) is 0 Å². The van der Waals surface area contributed by atoms with Gasteiger partial charge in [0.15, 0.2) is 0 Å². The van der Waals surface area contributed by atoms with Crippen molar-refractivity contribution in [1.29, 1.82) is 0 Å². The van der Waals surface area contributed by atoms with Crippen molar-refractivity contribution < 1.29 is 35.9 Å². The Hall–Kier alpha value is -4.06. The molecule has 0 aliphatic carbocycles. The van der Waals surface area contributed by atoms with Crippen molar-refractivity contribution >= 4 is 27.5 Å². The standard InChI is InChI=1S/C32H38F3N3O5S/c1-5-7-18-36-31(40)29(6-2)37(21-24-10-8-13-27(19-24)43-4)30(39)22-38(26-12-9-11-25(20-26)32(33,34)35)44(41,42)28-16-14-23(3)15-17-28/h8-17,19-20,29H,5-7,18,21-22H2,1-4H3,(H,36,40). The Bertz CT molecular complexity index is 1530. The van der Waals surface area contributed by atoms with Crippen LogP contribution in [-0.2, 0) is 32.3 Å². The molecule has 0 fully saturated rings. The number of ether oxygens (including phenoxy) is 1. The number of nitrogens with one attached hydrogen (secondary N) is 1. The van der Waals surface area contributed by atoms with Gasteiger partial charge < -0.3 is 15.0 Å². The summed E-state index contributed by atoms with van der Waals surface area (Å²) >= 11 is 0. The predicted octanol–water partition coefficient (Wildman–Crippen LogP) is 5.94. The summed E-state index contributed by atoms with van der Waals surface area (Å²) in [7, 11) is -3.03. The van der Waals surface area contributed by atoms with Gasteiger partial charge in [-0.3, -0.25) is 13.9 Å². The molecule has 0 saturated carbocycles. The summed E-state index contributed by atoms with van der Waals surface area (Å²) in [6.07, 6.45) is -2.97. The van der Waals surface area contributed by atoms with Gasteiger partial charge >= 0.3 is 6.18 Å². The normalized spacial score (nSPS) is 12.3. The molecule has 0 spiro atoms. The quantitative estimate of drug-likeness (QED) is 0.222. The number of methoxy groups -OCH3 is 1. The molecule has 0 aromatic heterocycles. The Morgan fingerprint density at radius 2 is 1.66 bits per heavy atom. The third kappa shape index (κ3) is 8.75. The van der Waals surface area contributed by atoms with Crippen LogP contribution in [0.3, 0.4) is 0 Å². The minimum absolute atomic E-state index is 0.0727. The van der Waals surface area contributed by atoms with Gasteiger partial charge in [0.1, 0.15) is 18.3 Å². The van der Waals surface area contributed by atoms with Gasteiger partial charge in [-0.2, -0.15) is 13.2 Å². The van der Waals surface area contributed by atoms with Crippen molar-refractivity contribution in [2.24, 2.45) is 0 Å². The van der Waals surface area contributed by atoms with Crippen LogP contribution >= 0.6 is 0 Å². The van der Waals surface area contributed by atoms with Crippen LogP contribution in [0, 0.1) is 6.92 Å². The molecule has 2 amide bonds. The number of anilines is 1. The van der Waals surface area contributed by atoms with E-state index in [1.807, 2.05) is 6.92 Å². The van der Waals surface area contributed by atoms with Gasteiger partial charge in [0, 0.05) is 13.1 Å². The Morgan fingerprint density at radius 1 is 0.977 bits per heavy atom. The van der Waals surface area contributed by atoms with E-state index in [2.05, 4.69) is 5.32 Å². The Morgan fingerprint density at radius 3 is 2.27 bits per heavy atom. The molecular weight excluding hydrogens is 595 g/mol. The highest BCUT2D eigenvalue weighted by Crippen LogP contribution is 2.33. The lowest BCUT2D eigenvalue weighted by molar-refractivity contribution is -0.140. The minimum Gasteiger partial charge on any atom is -0.497 e. The zero-order valence-electron chi connectivity index (χ0n) is 25.2. The number of alkyl halides is 3. The molecule has 12 heteroatoms. The van der Waals surface area contributed by atoms with Crippen molar-refractivity contribution in [2.75, 3.05) is 24.5 Å². The highest BCUT2D eigenvalue weighted by molar-refractivity contribution is 7.92. The van der Waals surface area contributed by atoms with Gasteiger partial charge in [0.05, 0.1) is 23.3 Å². The second-order valence-electron chi connectivity index (χ2n) is 10.3. The van der Waals surface area contributed by atoms with Gasteiger partial charge in [-0.05, 0) is 67.8 Å². The number of halogens is 3. The molecule has 0 aliphatic rings. The summed E-state index contributed by atoms with van der Waals surface area (Å²) in [5.74, 6) is -0.662. The lowest BCUT2D eigenvalue weighted by atomic mass is 10.1. The summed E-state index contributed by atoms with van der Waals surface area (Å²) in [5, 5.41) is 2.83. The van der Waals surface area contributed by atoms with E-state index in [1.165, 1.54) is 30.2 Å². The van der Waals surface area contributed by atoms with Crippen molar-refractivity contribution in [1.82, 2.24) is 10.2 Å². The Balaban J connectivity index is 2.11. The molecule has 1 atom stereocenters. The second-order valence-corrected chi connectivity index (χ2v) is 12.2. The number of nitrogens with zero attached hydrogens (tertiary/aromatic N) is 2. The summed E-state index contributed by atoms with van der Waals surface area (Å²) in [6.45, 7) is 4.93. The molecule has 238 valence electrons. The smallest absolute Gasteiger partial charge is 0.416 e. The lowest BCUT2D eigenvalue weighted by Gasteiger charge is -2.33. The molecule has 3 aromatic carbocycles. The first kappa shape index (κ1) is 34.4. The van der Waals surface area contributed by atoms with E-state index in [0.29, 0.717) is 28.2 Å². The van der Waals surface area contributed by atoms with Crippen LogP contribution in [0.4, 0.5) is 18.9 Å². The van der Waals surface area contributed by atoms with Crippen LogP contribution in [0.5, 0.6) is 5.75 Å². The summed E-state index contributed by atoms with van der Waals surface area (Å²) in [4.78, 5) is 28.5. The second kappa shape index (κ2) is 15.1. The number of aryl methyl sites for hydroxylation is 1. The molecule has 1 N–H and O–H groups in total. The first-order chi connectivity index (χ1) is 20.8. The minimum atomic E-state index is -4.75. The molecule has 0 heterocycles. The van der Waals surface area contributed by atoms with Crippen LogP contribution in [0.1, 0.15) is 49.8 Å². The number of hydrogen-bond donors (Lipinski definition) is 1. The SMILES string of the molecule is CCCCNC(=O)C(CC)N(Cc1cccc(OC)c1)C(=O)CN(c1cccc(C(F)(F)F)c1)S(=O)(=O)c1ccc(C)cc1. The average molecular weight is 634 g/mol. The molecule has 0 bridgehead atoms. The third-order valence-corrected chi connectivity index (χ3v) is 8.84. The molecule has 0 saturated heterocycles. The number of rotatable bonds is 14. The summed E-state index contributed by atoms with van der Waals surface area (Å²) in [6, 6.07) is 15.5. The van der Waals surface area contributed by atoms with Gasteiger partial charge in [-0.25, -0.2) is 8.42 Å². The zero-order valence-corrected chi connectivity index (χ0v) is 26.0. The third-order valence-electron chi connectivity index (χ3n) is 7.05. The Kier molecular flexibility index (Phi) is 11.8. The molecule has 8 nitrogen and oxygen atoms in total. The summed E-state index contributed by atoms with van der Waals surface area (Å²) < 4.78 is 74.8. The topological polar surface area (TPSA) is 96.0 Å². The number of hydrogen-bond acceptors (Lipinski definition) is 5. The van der Waals surface area contributed by atoms with E-state index >= 15 is 0 Å². The van der Waals surface area contributed by atoms with E-state index in [4.69, 9.17) is 4.74 Å². The number of amides is 2. The van der Waals surface area contributed by atoms with Crippen molar-refractivity contribution in [3.05, 3.63) is 89.5 Å². The Labute approximate surface area is 256 Å². The fourth-order valence-electron chi connectivity index (χ4n) is 4.60. The lowest BCUT2D eigenvalue weighted by Crippen LogP contribution is -2.52. The number of sulfonamides is 1. The highest BCUT2D eigenvalue weighted by Gasteiger charge is 2.36. The van der Waals surface area contributed by atoms with Gasteiger partial charge in [0.25, 0.3) is 10.0 Å². The van der Waals surface area contributed by atoms with Gasteiger partial charge in [-0.1, -0.05) is 56.2 Å². The number of benzene rings is 3. The van der Waals surface area contributed by atoms with Crippen molar-refractivity contribution in [3.63, 3.8) is 0 Å². The van der Waals surface area contributed by atoms with E-state index in [1.54, 1.807) is 50.2 Å². The predicted molar refractivity (Wildman–Crippen MR) is 163 cm³/mol. The molecule has 3 aromatic rings. The van der Waals surface area contributed by atoms with Crippen LogP contribution < -0.4 is 14.4 Å². The van der Waals surface area contributed by atoms with Crippen LogP contribution in [0.2, 0.25) is 0 Å². The van der Waals surface area contributed by atoms with Crippen LogP contribution in [-0.4, -0.2) is 51.4 Å². The molecular formula is C32H38F3N3O5S. The van der Waals surface area contributed by atoms with Crippen molar-refractivity contribution in [2.45, 2.75) is 63.7 Å². The average Bonchev–Trinajstić information content (AvgIpc) is 2.99. The number of unbranched alkanes of at least 4 members (excludes halogenated alkanes) is 1. The largest absolute Gasteiger partial charge is 0.497 e. The fourth-order valence-corrected chi connectivity index (χ4v) is 6.00. The molecule has 1 unspecified atom stereocenters. The summed E-state index contributed by atoms with van der Waals surface area (Å²) in [5.41, 5.74) is -0.0171. The monoisotopic (exact) mass is 633 g/mol. The maximum atomic E-state index is 14.1. The molecule has 44 heavy (non-hydrogen) atoms. The number of carbonyl (C=O) groups excluding carboxylic acids is 2. The molecule has 3 rings (SSSR count). The van der Waals surface area contributed by atoms with Crippen molar-refractivity contribution in [3.8, 4) is 5.75 Å². The molecule has 0 radical (unpaired) electrons.